The van der Waals surface area contributed by atoms with Gasteiger partial charge in [0.15, 0.2) is 0 Å². The lowest BCUT2D eigenvalue weighted by Gasteiger charge is -2.18. The molecule has 1 saturated heterocycles. The molecule has 98 valence electrons. The van der Waals surface area contributed by atoms with Crippen LogP contribution in [0.5, 0.6) is 5.75 Å². The molecule has 4 heteroatoms. The minimum absolute atomic E-state index is 0.0143. The van der Waals surface area contributed by atoms with E-state index in [2.05, 4.69) is 0 Å². The van der Waals surface area contributed by atoms with Crippen LogP contribution in [0.25, 0.3) is 0 Å². The van der Waals surface area contributed by atoms with Gasteiger partial charge in [0.2, 0.25) is 0 Å². The van der Waals surface area contributed by atoms with E-state index in [-0.39, 0.29) is 11.7 Å². The Morgan fingerprint density at radius 3 is 3.06 bits per heavy atom. The van der Waals surface area contributed by atoms with Crippen molar-refractivity contribution >= 4 is 17.5 Å². The molecule has 0 spiro atoms. The maximum Gasteiger partial charge on any atom is 0.254 e. The molecule has 1 aliphatic rings. The highest BCUT2D eigenvalue weighted by molar-refractivity contribution is 6.17. The Labute approximate surface area is 112 Å². The van der Waals surface area contributed by atoms with Crippen LogP contribution in [0.4, 0.5) is 0 Å². The summed E-state index contributed by atoms with van der Waals surface area (Å²) >= 11 is 5.74. The van der Waals surface area contributed by atoms with Crippen LogP contribution in [0.2, 0.25) is 0 Å². The van der Waals surface area contributed by atoms with Gasteiger partial charge in [-0.3, -0.25) is 4.79 Å². The Bertz CT molecular complexity index is 447. The predicted octanol–water partition coefficient (Wildman–Crippen LogP) is 2.79. The molecule has 0 radical (unpaired) electrons. The lowest BCUT2D eigenvalue weighted by Crippen LogP contribution is -2.29. The summed E-state index contributed by atoms with van der Waals surface area (Å²) in [5.41, 5.74) is 1.25. The van der Waals surface area contributed by atoms with E-state index in [4.69, 9.17) is 11.6 Å². The van der Waals surface area contributed by atoms with E-state index in [0.717, 1.165) is 25.9 Å². The number of halogens is 1. The summed E-state index contributed by atoms with van der Waals surface area (Å²) in [7, 11) is 0. The number of amides is 1. The highest BCUT2D eigenvalue weighted by Gasteiger charge is 2.27. The minimum atomic E-state index is 0.0143. The summed E-state index contributed by atoms with van der Waals surface area (Å²) < 4.78 is 0. The van der Waals surface area contributed by atoms with E-state index < -0.39 is 0 Å². The molecule has 1 aliphatic heterocycles. The van der Waals surface area contributed by atoms with Gasteiger partial charge in [0.05, 0.1) is 0 Å². The summed E-state index contributed by atoms with van der Waals surface area (Å²) in [5.74, 6) is 1.36. The van der Waals surface area contributed by atoms with Crippen LogP contribution < -0.4 is 0 Å². The molecule has 3 nitrogen and oxygen atoms in total. The predicted molar refractivity (Wildman–Crippen MR) is 72.2 cm³/mol. The van der Waals surface area contributed by atoms with Crippen molar-refractivity contribution in [2.45, 2.75) is 19.8 Å². The standard InChI is InChI=1S/C14H18ClNO2/c1-10-12(3-2-4-13(10)17)14(18)16-8-6-11(9-16)5-7-15/h2-4,11,17H,5-9H2,1H3. The Balaban J connectivity index is 2.11. The van der Waals surface area contributed by atoms with Crippen molar-refractivity contribution in [2.75, 3.05) is 19.0 Å². The van der Waals surface area contributed by atoms with Gasteiger partial charge in [-0.25, -0.2) is 0 Å². The van der Waals surface area contributed by atoms with Crippen LogP contribution >= 0.6 is 11.6 Å². The highest BCUT2D eigenvalue weighted by Crippen LogP contribution is 2.25. The molecule has 1 heterocycles. The first-order chi connectivity index (χ1) is 8.63. The summed E-state index contributed by atoms with van der Waals surface area (Å²) in [6.07, 6.45) is 1.99. The molecule has 0 aliphatic carbocycles. The molecular weight excluding hydrogens is 250 g/mol. The van der Waals surface area contributed by atoms with Crippen LogP contribution in [0.1, 0.15) is 28.8 Å². The van der Waals surface area contributed by atoms with Gasteiger partial charge in [-0.1, -0.05) is 6.07 Å². The van der Waals surface area contributed by atoms with Gasteiger partial charge in [0, 0.05) is 30.1 Å². The number of phenolic OH excluding ortho intramolecular Hbond substituents is 1. The quantitative estimate of drug-likeness (QED) is 0.856. The fourth-order valence-electron chi connectivity index (χ4n) is 2.43. The average molecular weight is 268 g/mol. The average Bonchev–Trinajstić information content (AvgIpc) is 2.81. The number of likely N-dealkylation sites (tertiary alicyclic amines) is 1. The number of phenols is 1. The summed E-state index contributed by atoms with van der Waals surface area (Å²) in [6.45, 7) is 3.34. The zero-order valence-corrected chi connectivity index (χ0v) is 11.3. The third kappa shape index (κ3) is 2.61. The third-order valence-corrected chi connectivity index (χ3v) is 3.84. The van der Waals surface area contributed by atoms with Gasteiger partial charge in [0.25, 0.3) is 5.91 Å². The molecule has 2 rings (SSSR count). The van der Waals surface area contributed by atoms with Gasteiger partial charge in [-0.05, 0) is 37.8 Å². The summed E-state index contributed by atoms with van der Waals surface area (Å²) in [4.78, 5) is 14.2. The van der Waals surface area contributed by atoms with Gasteiger partial charge in [-0.15, -0.1) is 11.6 Å². The van der Waals surface area contributed by atoms with Crippen LogP contribution in [0.3, 0.4) is 0 Å². The van der Waals surface area contributed by atoms with Crippen LogP contribution in [-0.4, -0.2) is 34.9 Å². The number of alkyl halides is 1. The molecule has 0 saturated carbocycles. The van der Waals surface area contributed by atoms with E-state index in [1.807, 2.05) is 4.90 Å². The second-order valence-corrected chi connectivity index (χ2v) is 5.21. The molecule has 1 fully saturated rings. The molecule has 1 amide bonds. The number of nitrogens with zero attached hydrogens (tertiary/aromatic N) is 1. The number of rotatable bonds is 3. The molecule has 18 heavy (non-hydrogen) atoms. The Hall–Kier alpha value is -1.22. The molecule has 1 unspecified atom stereocenters. The molecule has 1 aromatic carbocycles. The second kappa shape index (κ2) is 5.61. The Kier molecular flexibility index (Phi) is 4.12. The van der Waals surface area contributed by atoms with Crippen LogP contribution in [0, 0.1) is 12.8 Å². The zero-order chi connectivity index (χ0) is 13.1. The topological polar surface area (TPSA) is 40.5 Å². The number of carbonyl (C=O) groups excluding carboxylic acids is 1. The minimum Gasteiger partial charge on any atom is -0.508 e. The first-order valence-corrected chi connectivity index (χ1v) is 6.80. The van der Waals surface area contributed by atoms with Crippen molar-refractivity contribution in [1.29, 1.82) is 0 Å². The lowest BCUT2D eigenvalue weighted by atomic mass is 10.1. The molecule has 1 N–H and O–H groups in total. The normalized spacial score (nSPS) is 19.2. The molecular formula is C14H18ClNO2. The summed E-state index contributed by atoms with van der Waals surface area (Å²) in [6, 6.07) is 5.08. The number of hydrogen-bond donors (Lipinski definition) is 1. The summed E-state index contributed by atoms with van der Waals surface area (Å²) in [5, 5.41) is 9.64. The highest BCUT2D eigenvalue weighted by atomic mass is 35.5. The molecule has 1 atom stereocenters. The van der Waals surface area contributed by atoms with E-state index in [1.165, 1.54) is 0 Å². The fourth-order valence-corrected chi connectivity index (χ4v) is 2.74. The van der Waals surface area contributed by atoms with Crippen LogP contribution in [-0.2, 0) is 0 Å². The van der Waals surface area contributed by atoms with Crippen LogP contribution in [0.15, 0.2) is 18.2 Å². The van der Waals surface area contributed by atoms with Crippen molar-refractivity contribution in [2.24, 2.45) is 5.92 Å². The SMILES string of the molecule is Cc1c(O)cccc1C(=O)N1CCC(CCCl)C1. The van der Waals surface area contributed by atoms with Crippen molar-refractivity contribution < 1.29 is 9.90 Å². The van der Waals surface area contributed by atoms with Crippen molar-refractivity contribution in [3.8, 4) is 5.75 Å². The first-order valence-electron chi connectivity index (χ1n) is 6.27. The first kappa shape index (κ1) is 13.2. The molecule has 0 aromatic heterocycles. The smallest absolute Gasteiger partial charge is 0.254 e. The maximum absolute atomic E-state index is 12.4. The Morgan fingerprint density at radius 2 is 2.33 bits per heavy atom. The van der Waals surface area contributed by atoms with E-state index in [0.29, 0.717) is 22.9 Å². The number of hydrogen-bond acceptors (Lipinski definition) is 2. The van der Waals surface area contributed by atoms with Gasteiger partial charge in [-0.2, -0.15) is 0 Å². The van der Waals surface area contributed by atoms with Crippen molar-refractivity contribution in [3.05, 3.63) is 29.3 Å². The maximum atomic E-state index is 12.4. The monoisotopic (exact) mass is 267 g/mol. The van der Waals surface area contributed by atoms with E-state index >= 15 is 0 Å². The van der Waals surface area contributed by atoms with Crippen molar-refractivity contribution in [1.82, 2.24) is 4.90 Å². The van der Waals surface area contributed by atoms with Gasteiger partial charge < -0.3 is 10.0 Å². The largest absolute Gasteiger partial charge is 0.508 e. The third-order valence-electron chi connectivity index (χ3n) is 3.63. The second-order valence-electron chi connectivity index (χ2n) is 4.83. The number of aromatic hydroxyl groups is 1. The van der Waals surface area contributed by atoms with Gasteiger partial charge >= 0.3 is 0 Å². The van der Waals surface area contributed by atoms with Gasteiger partial charge in [0.1, 0.15) is 5.75 Å². The Morgan fingerprint density at radius 1 is 1.56 bits per heavy atom. The number of carbonyl (C=O) groups is 1. The fraction of sp³-hybridized carbons (Fsp3) is 0.500. The van der Waals surface area contributed by atoms with Crippen molar-refractivity contribution in [3.63, 3.8) is 0 Å². The zero-order valence-electron chi connectivity index (χ0n) is 10.5. The van der Waals surface area contributed by atoms with E-state index in [1.54, 1.807) is 25.1 Å². The lowest BCUT2D eigenvalue weighted by molar-refractivity contribution is 0.0785. The molecule has 1 aromatic rings. The van der Waals surface area contributed by atoms with E-state index in [9.17, 15) is 9.90 Å². The molecule has 0 bridgehead atoms. The number of benzene rings is 1.